The molecule has 0 saturated heterocycles. The molecule has 3 atom stereocenters. The highest BCUT2D eigenvalue weighted by molar-refractivity contribution is 5.48. The summed E-state index contributed by atoms with van der Waals surface area (Å²) in [6.45, 7) is 4.28. The van der Waals surface area contributed by atoms with Gasteiger partial charge in [-0.3, -0.25) is 0 Å². The molecule has 3 unspecified atom stereocenters. The van der Waals surface area contributed by atoms with Crippen LogP contribution >= 0.6 is 0 Å². The second kappa shape index (κ2) is 6.25. The minimum atomic E-state index is -0.110. The standard InChI is InChI=1S/C23H25O2/c1-3-25-22(24)16(2)19-14-20(19)21-15-23(21,17-10-6-4-7-11-17)18-12-8-5-9-13-18/h4-13,19-21H,3,14-15H2,1-2H3. The van der Waals surface area contributed by atoms with Gasteiger partial charge in [-0.05, 0) is 55.6 Å². The molecule has 2 aromatic rings. The van der Waals surface area contributed by atoms with Gasteiger partial charge in [0.1, 0.15) is 0 Å². The molecule has 2 nitrogen and oxygen atoms in total. The van der Waals surface area contributed by atoms with Crippen LogP contribution in [-0.2, 0) is 15.3 Å². The second-order valence-corrected chi connectivity index (χ2v) is 7.42. The maximum Gasteiger partial charge on any atom is 0.329 e. The quantitative estimate of drug-likeness (QED) is 0.657. The van der Waals surface area contributed by atoms with Crippen molar-refractivity contribution in [3.05, 3.63) is 83.3 Å². The van der Waals surface area contributed by atoms with Gasteiger partial charge in [0.15, 0.2) is 0 Å². The van der Waals surface area contributed by atoms with E-state index in [0.29, 0.717) is 24.4 Å². The number of ether oxygens (including phenoxy) is 1. The van der Waals surface area contributed by atoms with Gasteiger partial charge in [0, 0.05) is 11.0 Å². The van der Waals surface area contributed by atoms with Gasteiger partial charge in [-0.25, -0.2) is 5.11 Å². The molecule has 1 radical (unpaired) electrons. The second-order valence-electron chi connectivity index (χ2n) is 7.42. The van der Waals surface area contributed by atoms with E-state index >= 15 is 0 Å². The summed E-state index contributed by atoms with van der Waals surface area (Å²) in [6.07, 6.45) is 2.30. The molecule has 2 aliphatic carbocycles. The van der Waals surface area contributed by atoms with E-state index in [9.17, 15) is 5.11 Å². The first-order valence-corrected chi connectivity index (χ1v) is 9.30. The van der Waals surface area contributed by atoms with Crippen LogP contribution in [-0.4, -0.2) is 6.61 Å². The minimum absolute atomic E-state index is 0.110. The Kier molecular flexibility index (Phi) is 4.07. The predicted octanol–water partition coefficient (Wildman–Crippen LogP) is 5.33. The van der Waals surface area contributed by atoms with Crippen molar-refractivity contribution in [3.63, 3.8) is 0 Å². The molecule has 2 aromatic carbocycles. The third kappa shape index (κ3) is 2.74. The molecular weight excluding hydrogens is 308 g/mol. The van der Waals surface area contributed by atoms with E-state index in [1.165, 1.54) is 17.5 Å². The molecule has 0 spiro atoms. The van der Waals surface area contributed by atoms with Crippen LogP contribution in [0.15, 0.2) is 72.2 Å². The molecule has 0 heterocycles. The summed E-state index contributed by atoms with van der Waals surface area (Å²) in [6, 6.07) is 21.7. The van der Waals surface area contributed by atoms with E-state index in [2.05, 4.69) is 60.7 Å². The SMILES string of the molecule is CCOC([O])=C(C)C1CC1C1CC1(c1ccccc1)c1ccccc1. The molecule has 0 N–H and O–H groups in total. The van der Waals surface area contributed by atoms with Crippen molar-refractivity contribution in [2.45, 2.75) is 32.1 Å². The smallest absolute Gasteiger partial charge is 0.329 e. The summed E-state index contributed by atoms with van der Waals surface area (Å²) < 4.78 is 5.20. The van der Waals surface area contributed by atoms with E-state index < -0.39 is 0 Å². The van der Waals surface area contributed by atoms with E-state index in [-0.39, 0.29) is 11.4 Å². The Hall–Kier alpha value is -2.22. The molecule has 4 rings (SSSR count). The monoisotopic (exact) mass is 333 g/mol. The van der Waals surface area contributed by atoms with Crippen molar-refractivity contribution in [2.24, 2.45) is 17.8 Å². The van der Waals surface area contributed by atoms with Gasteiger partial charge in [0.25, 0.3) is 0 Å². The van der Waals surface area contributed by atoms with Gasteiger partial charge in [0.2, 0.25) is 0 Å². The van der Waals surface area contributed by atoms with Crippen LogP contribution in [0.5, 0.6) is 0 Å². The zero-order valence-electron chi connectivity index (χ0n) is 14.9. The van der Waals surface area contributed by atoms with E-state index in [0.717, 1.165) is 12.0 Å². The lowest BCUT2D eigenvalue weighted by Crippen LogP contribution is -2.13. The van der Waals surface area contributed by atoms with E-state index in [1.54, 1.807) is 0 Å². The van der Waals surface area contributed by atoms with Gasteiger partial charge in [-0.2, -0.15) is 0 Å². The first-order chi connectivity index (χ1) is 12.2. The Morgan fingerprint density at radius 1 is 1.04 bits per heavy atom. The predicted molar refractivity (Wildman–Crippen MR) is 98.4 cm³/mol. The van der Waals surface area contributed by atoms with Gasteiger partial charge in [0.05, 0.1) is 6.61 Å². The van der Waals surface area contributed by atoms with Crippen LogP contribution in [0.1, 0.15) is 37.8 Å². The lowest BCUT2D eigenvalue weighted by molar-refractivity contribution is 0.0540. The largest absolute Gasteiger partial charge is 0.463 e. The molecule has 0 aliphatic heterocycles. The Morgan fingerprint density at radius 3 is 2.12 bits per heavy atom. The maximum atomic E-state index is 12.1. The van der Waals surface area contributed by atoms with Crippen molar-refractivity contribution in [1.82, 2.24) is 0 Å². The lowest BCUT2D eigenvalue weighted by atomic mass is 9.84. The molecule has 0 amide bonds. The Bertz CT molecular complexity index is 724. The highest BCUT2D eigenvalue weighted by atomic mass is 16.6. The van der Waals surface area contributed by atoms with Crippen LogP contribution in [0.2, 0.25) is 0 Å². The summed E-state index contributed by atoms with van der Waals surface area (Å²) in [5.41, 5.74) is 3.85. The van der Waals surface area contributed by atoms with Crippen molar-refractivity contribution < 1.29 is 9.84 Å². The average molecular weight is 333 g/mol. The van der Waals surface area contributed by atoms with Gasteiger partial charge in [-0.1, -0.05) is 60.7 Å². The summed E-state index contributed by atoms with van der Waals surface area (Å²) in [5.74, 6) is 1.51. The summed E-state index contributed by atoms with van der Waals surface area (Å²) >= 11 is 0. The molecule has 2 fully saturated rings. The molecule has 2 aliphatic rings. The van der Waals surface area contributed by atoms with Crippen molar-refractivity contribution in [1.29, 1.82) is 0 Å². The number of benzene rings is 2. The Labute approximate surface area is 150 Å². The Morgan fingerprint density at radius 2 is 1.60 bits per heavy atom. The fourth-order valence-electron chi connectivity index (χ4n) is 4.66. The van der Waals surface area contributed by atoms with Crippen molar-refractivity contribution in [2.75, 3.05) is 6.61 Å². The van der Waals surface area contributed by atoms with Crippen LogP contribution in [0.3, 0.4) is 0 Å². The highest BCUT2D eigenvalue weighted by Gasteiger charge is 2.64. The number of hydrogen-bond donors (Lipinski definition) is 0. The molecule has 0 bridgehead atoms. The first-order valence-electron chi connectivity index (χ1n) is 9.30. The fraction of sp³-hybridized carbons (Fsp3) is 0.391. The van der Waals surface area contributed by atoms with Gasteiger partial charge >= 0.3 is 5.95 Å². The normalized spacial score (nSPS) is 27.4. The topological polar surface area (TPSA) is 29.1 Å². The highest BCUT2D eigenvalue weighted by Crippen LogP contribution is 2.69. The number of hydrogen-bond acceptors (Lipinski definition) is 1. The summed E-state index contributed by atoms with van der Waals surface area (Å²) in [5, 5.41) is 12.1. The Balaban J connectivity index is 1.62. The zero-order valence-corrected chi connectivity index (χ0v) is 14.9. The molecule has 25 heavy (non-hydrogen) atoms. The first kappa shape index (κ1) is 16.3. The third-order valence-electron chi connectivity index (χ3n) is 6.10. The van der Waals surface area contributed by atoms with Gasteiger partial charge in [-0.15, -0.1) is 0 Å². The fourth-order valence-corrected chi connectivity index (χ4v) is 4.66. The van der Waals surface area contributed by atoms with Crippen LogP contribution in [0.25, 0.3) is 0 Å². The van der Waals surface area contributed by atoms with Crippen LogP contribution in [0, 0.1) is 17.8 Å². The third-order valence-corrected chi connectivity index (χ3v) is 6.10. The average Bonchev–Trinajstić information content (AvgIpc) is 3.55. The summed E-state index contributed by atoms with van der Waals surface area (Å²) in [4.78, 5) is 0. The van der Waals surface area contributed by atoms with Crippen molar-refractivity contribution >= 4 is 0 Å². The van der Waals surface area contributed by atoms with E-state index in [4.69, 9.17) is 4.74 Å². The summed E-state index contributed by atoms with van der Waals surface area (Å²) in [7, 11) is 0. The van der Waals surface area contributed by atoms with Crippen LogP contribution in [0.4, 0.5) is 0 Å². The lowest BCUT2D eigenvalue weighted by Gasteiger charge is -2.19. The van der Waals surface area contributed by atoms with Crippen LogP contribution < -0.4 is 0 Å². The molecule has 2 saturated carbocycles. The molecular formula is C23H25O2. The van der Waals surface area contributed by atoms with E-state index in [1.807, 2.05) is 13.8 Å². The zero-order chi connectivity index (χ0) is 17.4. The maximum absolute atomic E-state index is 12.1. The molecule has 129 valence electrons. The molecule has 0 aromatic heterocycles. The molecule has 2 heteroatoms. The van der Waals surface area contributed by atoms with Gasteiger partial charge < -0.3 is 4.74 Å². The minimum Gasteiger partial charge on any atom is -0.463 e. The number of allylic oxidation sites excluding steroid dienone is 1. The number of rotatable bonds is 6. The van der Waals surface area contributed by atoms with Crippen molar-refractivity contribution in [3.8, 4) is 0 Å².